The summed E-state index contributed by atoms with van der Waals surface area (Å²) in [6, 6.07) is 0. The van der Waals surface area contributed by atoms with Crippen LogP contribution >= 0.6 is 0 Å². The summed E-state index contributed by atoms with van der Waals surface area (Å²) in [4.78, 5) is 0. The fourth-order valence-corrected chi connectivity index (χ4v) is 1.70. The van der Waals surface area contributed by atoms with E-state index in [1.54, 1.807) is 0 Å². The van der Waals surface area contributed by atoms with Crippen molar-refractivity contribution in [2.75, 3.05) is 0 Å². The standard InChI is InChI=1S/C10H20O/c1-4-6-9(5-2)7-10-8(3)11-10/h8-10H,4-7H2,1-3H3/t8?,9-,10+/m0/s1. The summed E-state index contributed by atoms with van der Waals surface area (Å²) in [6.45, 7) is 6.72. The summed E-state index contributed by atoms with van der Waals surface area (Å²) in [5.74, 6) is 0.912. The van der Waals surface area contributed by atoms with Crippen LogP contribution < -0.4 is 0 Å². The smallest absolute Gasteiger partial charge is 0.0841 e. The van der Waals surface area contributed by atoms with Crippen molar-refractivity contribution in [1.82, 2.24) is 0 Å². The second-order valence-electron chi connectivity index (χ2n) is 3.68. The van der Waals surface area contributed by atoms with Crippen LogP contribution in [0.3, 0.4) is 0 Å². The lowest BCUT2D eigenvalue weighted by molar-refractivity contribution is 0.325. The Kier molecular flexibility index (Phi) is 3.38. The van der Waals surface area contributed by atoms with Crippen LogP contribution in [0.25, 0.3) is 0 Å². The summed E-state index contributed by atoms with van der Waals surface area (Å²) >= 11 is 0. The van der Waals surface area contributed by atoms with Crippen LogP contribution in [-0.2, 0) is 4.74 Å². The Bertz CT molecular complexity index is 111. The lowest BCUT2D eigenvalue weighted by Crippen LogP contribution is -2.03. The molecule has 1 saturated heterocycles. The Labute approximate surface area is 70.1 Å². The molecule has 0 spiro atoms. The highest BCUT2D eigenvalue weighted by molar-refractivity contribution is 4.82. The van der Waals surface area contributed by atoms with E-state index in [0.29, 0.717) is 12.2 Å². The van der Waals surface area contributed by atoms with Gasteiger partial charge in [-0.2, -0.15) is 0 Å². The lowest BCUT2D eigenvalue weighted by atomic mass is 9.95. The fourth-order valence-electron chi connectivity index (χ4n) is 1.70. The molecule has 0 aliphatic carbocycles. The Hall–Kier alpha value is -0.0400. The molecule has 1 aliphatic rings. The molecule has 1 rings (SSSR count). The number of ether oxygens (including phenoxy) is 1. The normalized spacial score (nSPS) is 31.9. The molecular formula is C10H20O. The SMILES string of the molecule is CCC[C@H](CC)C[C@H]1OC1C. The van der Waals surface area contributed by atoms with Crippen molar-refractivity contribution in [1.29, 1.82) is 0 Å². The first-order chi connectivity index (χ1) is 5.27. The molecule has 1 fully saturated rings. The van der Waals surface area contributed by atoms with Crippen LogP contribution in [0.1, 0.15) is 46.5 Å². The Morgan fingerprint density at radius 3 is 2.36 bits per heavy atom. The monoisotopic (exact) mass is 156 g/mol. The Balaban J connectivity index is 2.10. The van der Waals surface area contributed by atoms with Crippen LogP contribution in [0, 0.1) is 5.92 Å². The largest absolute Gasteiger partial charge is 0.370 e. The average molecular weight is 156 g/mol. The van der Waals surface area contributed by atoms with Crippen LogP contribution in [-0.4, -0.2) is 12.2 Å². The minimum atomic E-state index is 0.556. The van der Waals surface area contributed by atoms with Crippen molar-refractivity contribution in [2.24, 2.45) is 5.92 Å². The molecule has 0 bridgehead atoms. The van der Waals surface area contributed by atoms with E-state index in [9.17, 15) is 0 Å². The predicted molar refractivity (Wildman–Crippen MR) is 47.6 cm³/mol. The highest BCUT2D eigenvalue weighted by Crippen LogP contribution is 2.30. The van der Waals surface area contributed by atoms with E-state index in [1.807, 2.05) is 0 Å². The maximum atomic E-state index is 5.40. The fraction of sp³-hybridized carbons (Fsp3) is 1.00. The first kappa shape index (κ1) is 9.05. The minimum absolute atomic E-state index is 0.556. The van der Waals surface area contributed by atoms with Crippen LogP contribution in [0.2, 0.25) is 0 Å². The molecule has 1 heteroatoms. The molecule has 1 unspecified atom stereocenters. The van der Waals surface area contributed by atoms with Gasteiger partial charge in [0.05, 0.1) is 12.2 Å². The first-order valence-electron chi connectivity index (χ1n) is 4.93. The molecule has 0 radical (unpaired) electrons. The van der Waals surface area contributed by atoms with Crippen LogP contribution in [0.15, 0.2) is 0 Å². The second kappa shape index (κ2) is 4.10. The lowest BCUT2D eigenvalue weighted by Gasteiger charge is -2.10. The van der Waals surface area contributed by atoms with E-state index in [4.69, 9.17) is 4.74 Å². The van der Waals surface area contributed by atoms with Gasteiger partial charge in [0.2, 0.25) is 0 Å². The number of rotatable bonds is 5. The Morgan fingerprint density at radius 1 is 1.36 bits per heavy atom. The van der Waals surface area contributed by atoms with Gasteiger partial charge in [0, 0.05) is 0 Å². The molecule has 0 saturated carbocycles. The first-order valence-corrected chi connectivity index (χ1v) is 4.93. The third-order valence-corrected chi connectivity index (χ3v) is 2.68. The van der Waals surface area contributed by atoms with E-state index >= 15 is 0 Å². The van der Waals surface area contributed by atoms with Crippen LogP contribution in [0.5, 0.6) is 0 Å². The van der Waals surface area contributed by atoms with Gasteiger partial charge in [-0.25, -0.2) is 0 Å². The highest BCUT2D eigenvalue weighted by Gasteiger charge is 2.35. The van der Waals surface area contributed by atoms with Gasteiger partial charge >= 0.3 is 0 Å². The third kappa shape index (κ3) is 2.82. The average Bonchev–Trinajstić information content (AvgIpc) is 2.66. The van der Waals surface area contributed by atoms with Gasteiger partial charge in [-0.3, -0.25) is 0 Å². The van der Waals surface area contributed by atoms with Gasteiger partial charge in [0.1, 0.15) is 0 Å². The molecule has 1 aliphatic heterocycles. The quantitative estimate of drug-likeness (QED) is 0.557. The summed E-state index contributed by atoms with van der Waals surface area (Å²) < 4.78 is 5.40. The van der Waals surface area contributed by atoms with Gasteiger partial charge in [-0.05, 0) is 19.3 Å². The molecule has 0 aromatic heterocycles. The molecule has 0 aromatic carbocycles. The Morgan fingerprint density at radius 2 is 2.00 bits per heavy atom. The van der Waals surface area contributed by atoms with E-state index < -0.39 is 0 Å². The number of hydrogen-bond donors (Lipinski definition) is 0. The van der Waals surface area contributed by atoms with Crippen molar-refractivity contribution in [3.05, 3.63) is 0 Å². The summed E-state index contributed by atoms with van der Waals surface area (Å²) in [6.07, 6.45) is 6.47. The van der Waals surface area contributed by atoms with E-state index in [-0.39, 0.29) is 0 Å². The van der Waals surface area contributed by atoms with Crippen LogP contribution in [0.4, 0.5) is 0 Å². The molecule has 3 atom stereocenters. The molecular weight excluding hydrogens is 136 g/mol. The molecule has 1 nitrogen and oxygen atoms in total. The molecule has 1 heterocycles. The van der Waals surface area contributed by atoms with Gasteiger partial charge in [-0.1, -0.05) is 33.1 Å². The van der Waals surface area contributed by atoms with Gasteiger partial charge in [0.15, 0.2) is 0 Å². The molecule has 0 amide bonds. The van der Waals surface area contributed by atoms with Gasteiger partial charge < -0.3 is 4.74 Å². The zero-order chi connectivity index (χ0) is 8.27. The second-order valence-corrected chi connectivity index (χ2v) is 3.68. The zero-order valence-electron chi connectivity index (χ0n) is 7.97. The summed E-state index contributed by atoms with van der Waals surface area (Å²) in [5.41, 5.74) is 0. The van der Waals surface area contributed by atoms with E-state index in [0.717, 1.165) is 5.92 Å². The summed E-state index contributed by atoms with van der Waals surface area (Å²) in [7, 11) is 0. The van der Waals surface area contributed by atoms with Crippen molar-refractivity contribution in [2.45, 2.75) is 58.7 Å². The van der Waals surface area contributed by atoms with Gasteiger partial charge in [0.25, 0.3) is 0 Å². The van der Waals surface area contributed by atoms with Crippen molar-refractivity contribution >= 4 is 0 Å². The van der Waals surface area contributed by atoms with Crippen molar-refractivity contribution in [3.63, 3.8) is 0 Å². The number of epoxide rings is 1. The number of hydrogen-bond acceptors (Lipinski definition) is 1. The maximum absolute atomic E-state index is 5.40. The third-order valence-electron chi connectivity index (χ3n) is 2.68. The summed E-state index contributed by atoms with van der Waals surface area (Å²) in [5, 5.41) is 0. The highest BCUT2D eigenvalue weighted by atomic mass is 16.6. The molecule has 66 valence electrons. The van der Waals surface area contributed by atoms with Gasteiger partial charge in [-0.15, -0.1) is 0 Å². The predicted octanol–water partition coefficient (Wildman–Crippen LogP) is 2.99. The van der Waals surface area contributed by atoms with E-state index in [1.165, 1.54) is 25.7 Å². The van der Waals surface area contributed by atoms with E-state index in [2.05, 4.69) is 20.8 Å². The van der Waals surface area contributed by atoms with Crippen molar-refractivity contribution in [3.8, 4) is 0 Å². The molecule has 0 aromatic rings. The minimum Gasteiger partial charge on any atom is -0.370 e. The molecule has 0 N–H and O–H groups in total. The molecule has 11 heavy (non-hydrogen) atoms. The zero-order valence-corrected chi connectivity index (χ0v) is 7.97. The topological polar surface area (TPSA) is 12.5 Å². The van der Waals surface area contributed by atoms with Crippen molar-refractivity contribution < 1.29 is 4.74 Å². The maximum Gasteiger partial charge on any atom is 0.0841 e.